The minimum atomic E-state index is -5.35. The Morgan fingerprint density at radius 3 is 1.16 bits per heavy atom. The Morgan fingerprint density at radius 2 is 0.947 bits per heavy atom. The van der Waals surface area contributed by atoms with E-state index in [-0.39, 0.29) is 22.4 Å². The Labute approximate surface area is 116 Å². The molecule has 0 atom stereocenters. The zero-order chi connectivity index (χ0) is 14.4. The monoisotopic (exact) mass is 388 g/mol. The molecule has 1 rings (SSSR count). The van der Waals surface area contributed by atoms with E-state index in [1.165, 1.54) is 0 Å². The van der Waals surface area contributed by atoms with Crippen LogP contribution in [0.15, 0.2) is 12.1 Å². The van der Waals surface area contributed by atoms with Crippen LogP contribution < -0.4 is 0 Å². The van der Waals surface area contributed by atoms with Gasteiger partial charge in [0.15, 0.2) is 0 Å². The average Bonchev–Trinajstić information content (AvgIpc) is 2.13. The fourth-order valence-corrected chi connectivity index (χ4v) is 1.04. The molecule has 0 heterocycles. The van der Waals surface area contributed by atoms with Crippen molar-refractivity contribution >= 4 is 0 Å². The van der Waals surface area contributed by atoms with Crippen LogP contribution in [0.2, 0.25) is 0 Å². The second-order valence-electron chi connectivity index (χ2n) is 3.19. The van der Waals surface area contributed by atoms with Gasteiger partial charge in [0.2, 0.25) is 0 Å². The molecule has 0 bridgehead atoms. The first-order chi connectivity index (χ1) is 7.82. The van der Waals surface area contributed by atoms with Crippen molar-refractivity contribution in [1.29, 1.82) is 0 Å². The zero-order valence-electron chi connectivity index (χ0n) is 8.36. The molecule has 0 saturated carbocycles. The molecule has 1 aromatic rings. The van der Waals surface area contributed by atoms with E-state index >= 15 is 0 Å². The minimum Gasteiger partial charge on any atom is -0.168 e. The summed E-state index contributed by atoms with van der Waals surface area (Å²) < 4.78 is 109. The van der Waals surface area contributed by atoms with Gasteiger partial charge in [0.1, 0.15) is 0 Å². The van der Waals surface area contributed by atoms with Gasteiger partial charge in [-0.25, -0.2) is 0 Å². The van der Waals surface area contributed by atoms with Gasteiger partial charge in [-0.3, -0.25) is 0 Å². The van der Waals surface area contributed by atoms with Gasteiger partial charge in [-0.05, 0) is 0 Å². The number of rotatable bonds is 0. The predicted octanol–water partition coefficient (Wildman–Crippen LogP) is 4.54. The van der Waals surface area contributed by atoms with Gasteiger partial charge in [0.05, 0.1) is 0 Å². The van der Waals surface area contributed by atoms with Crippen molar-refractivity contribution in [2.75, 3.05) is 0 Å². The van der Waals surface area contributed by atoms with Gasteiger partial charge >= 0.3 is 40.9 Å². The molecule has 0 spiro atoms. The van der Waals surface area contributed by atoms with Crippen LogP contribution in [0, 0.1) is 6.07 Å². The summed E-state index contributed by atoms with van der Waals surface area (Å²) in [5.74, 6) is 0. The molecule has 0 aliphatic rings. The van der Waals surface area contributed by atoms with Gasteiger partial charge < -0.3 is 0 Å². The van der Waals surface area contributed by atoms with E-state index in [4.69, 9.17) is 0 Å². The molecule has 112 valence electrons. The van der Waals surface area contributed by atoms with Crippen molar-refractivity contribution in [3.05, 3.63) is 34.9 Å². The van der Waals surface area contributed by atoms with E-state index in [0.717, 1.165) is 6.07 Å². The van der Waals surface area contributed by atoms with Gasteiger partial charge in [0.25, 0.3) is 0 Å². The van der Waals surface area contributed by atoms with E-state index in [2.05, 4.69) is 0 Å². The molecule has 0 unspecified atom stereocenters. The molecule has 0 radical (unpaired) electrons. The van der Waals surface area contributed by atoms with Crippen LogP contribution in [-0.2, 0) is 40.9 Å². The SMILES string of the molecule is FC(F)(F)c1[c-]c(C(F)(F)F)cc(C(F)(F)F)c1.[Ag+]. The van der Waals surface area contributed by atoms with E-state index in [1.807, 2.05) is 0 Å². The number of hydrogen-bond donors (Lipinski definition) is 0. The maximum atomic E-state index is 12.2. The Balaban J connectivity index is 0.00000324. The normalized spacial score (nSPS) is 13.1. The quantitative estimate of drug-likeness (QED) is 0.347. The second kappa shape index (κ2) is 5.37. The van der Waals surface area contributed by atoms with Gasteiger partial charge in [-0.1, -0.05) is 16.7 Å². The van der Waals surface area contributed by atoms with Gasteiger partial charge in [-0.2, -0.15) is 45.6 Å². The van der Waals surface area contributed by atoms with Crippen molar-refractivity contribution in [3.63, 3.8) is 0 Å². The van der Waals surface area contributed by atoms with Crippen molar-refractivity contribution in [3.8, 4) is 0 Å². The summed E-state index contributed by atoms with van der Waals surface area (Å²) in [5, 5.41) is 0. The Kier molecular flexibility index (Phi) is 5.18. The van der Waals surface area contributed by atoms with Crippen molar-refractivity contribution < 1.29 is 61.9 Å². The first-order valence-electron chi connectivity index (χ1n) is 4.11. The molecule has 0 fully saturated rings. The fourth-order valence-electron chi connectivity index (χ4n) is 1.04. The molecule has 0 aliphatic carbocycles. The fraction of sp³-hybridized carbons (Fsp3) is 0.333. The van der Waals surface area contributed by atoms with Crippen LogP contribution in [0.3, 0.4) is 0 Å². The largest absolute Gasteiger partial charge is 1.00 e. The first-order valence-corrected chi connectivity index (χ1v) is 4.11. The van der Waals surface area contributed by atoms with Crippen LogP contribution in [0.25, 0.3) is 0 Å². The number of benzene rings is 1. The molecule has 0 amide bonds. The number of alkyl halides is 9. The van der Waals surface area contributed by atoms with Crippen molar-refractivity contribution in [2.45, 2.75) is 18.5 Å². The van der Waals surface area contributed by atoms with Crippen LogP contribution in [0.5, 0.6) is 0 Å². The maximum Gasteiger partial charge on any atom is 1.00 e. The Hall–Kier alpha value is -0.670. The zero-order valence-corrected chi connectivity index (χ0v) is 9.84. The number of hydrogen-bond acceptors (Lipinski definition) is 0. The molecule has 10 heteroatoms. The van der Waals surface area contributed by atoms with Crippen LogP contribution in [0.4, 0.5) is 39.5 Å². The summed E-state index contributed by atoms with van der Waals surface area (Å²) in [4.78, 5) is 0. The summed E-state index contributed by atoms with van der Waals surface area (Å²) in [6.07, 6.45) is -16.0. The van der Waals surface area contributed by atoms with Gasteiger partial charge in [0, 0.05) is 0 Å². The van der Waals surface area contributed by atoms with E-state index < -0.39 is 47.4 Å². The van der Waals surface area contributed by atoms with Crippen LogP contribution in [-0.4, -0.2) is 0 Å². The standard InChI is InChI=1S/C9H2F9.Ag/c10-7(11,12)4-1-5(8(13,14)15)3-6(2-4)9(16,17)18;/h1-2H;/q-1;+1. The number of halogens is 9. The van der Waals surface area contributed by atoms with E-state index in [1.54, 1.807) is 0 Å². The van der Waals surface area contributed by atoms with E-state index in [0.29, 0.717) is 0 Å². The third kappa shape index (κ3) is 4.73. The summed E-state index contributed by atoms with van der Waals surface area (Å²) in [6, 6.07) is 0.0440. The third-order valence-corrected chi connectivity index (χ3v) is 1.81. The maximum absolute atomic E-state index is 12.2. The van der Waals surface area contributed by atoms with Crippen molar-refractivity contribution in [1.82, 2.24) is 0 Å². The topological polar surface area (TPSA) is 0 Å². The molecule has 0 saturated heterocycles. The van der Waals surface area contributed by atoms with Crippen LogP contribution >= 0.6 is 0 Å². The van der Waals surface area contributed by atoms with Crippen molar-refractivity contribution in [2.24, 2.45) is 0 Å². The molecule has 19 heavy (non-hydrogen) atoms. The third-order valence-electron chi connectivity index (χ3n) is 1.81. The minimum absolute atomic E-state index is 0. The second-order valence-corrected chi connectivity index (χ2v) is 3.19. The molecule has 1 aromatic carbocycles. The molecular formula is C9H2AgF9. The Morgan fingerprint density at radius 1 is 0.632 bits per heavy atom. The molecule has 0 nitrogen and oxygen atoms in total. The van der Waals surface area contributed by atoms with Gasteiger partial charge in [-0.15, -0.1) is 12.1 Å². The molecular weight excluding hydrogens is 387 g/mol. The predicted molar refractivity (Wildman–Crippen MR) is 40.3 cm³/mol. The summed E-state index contributed by atoms with van der Waals surface area (Å²) in [6.45, 7) is 0. The van der Waals surface area contributed by atoms with E-state index in [9.17, 15) is 39.5 Å². The molecule has 0 aromatic heterocycles. The average molecular weight is 389 g/mol. The smallest absolute Gasteiger partial charge is 0.168 e. The Bertz CT molecular complexity index is 361. The first kappa shape index (κ1) is 18.3. The molecule has 0 N–H and O–H groups in total. The summed E-state index contributed by atoms with van der Waals surface area (Å²) in [5.41, 5.74) is -6.27. The molecule has 0 aliphatic heterocycles. The summed E-state index contributed by atoms with van der Waals surface area (Å²) >= 11 is 0. The van der Waals surface area contributed by atoms with Crippen LogP contribution in [0.1, 0.15) is 16.7 Å². The summed E-state index contributed by atoms with van der Waals surface area (Å²) in [7, 11) is 0.